The summed E-state index contributed by atoms with van der Waals surface area (Å²) in [7, 11) is 0. The SMILES string of the molecule is CC(C)C(NC(=O)OCC1CCCCC1)C(=O)NCCCCCCCCCCCCNC(=O)C(NC(=O)OCC1CCCCC1)C(C)C. The summed E-state index contributed by atoms with van der Waals surface area (Å²) < 4.78 is 10.9. The number of amides is 4. The van der Waals surface area contributed by atoms with E-state index < -0.39 is 24.3 Å². The molecule has 2 fully saturated rings. The Bertz CT molecular complexity index is 830. The van der Waals surface area contributed by atoms with Crippen molar-refractivity contribution in [2.24, 2.45) is 23.7 Å². The van der Waals surface area contributed by atoms with Gasteiger partial charge in [0.2, 0.25) is 11.8 Å². The quantitative estimate of drug-likeness (QED) is 0.0816. The highest BCUT2D eigenvalue weighted by Gasteiger charge is 2.26. The molecular weight excluding hydrogens is 608 g/mol. The Labute approximate surface area is 291 Å². The van der Waals surface area contributed by atoms with Crippen LogP contribution in [0.3, 0.4) is 0 Å². The Hall–Kier alpha value is -2.52. The first-order chi connectivity index (χ1) is 23.2. The van der Waals surface area contributed by atoms with E-state index in [0.29, 0.717) is 38.1 Å². The molecule has 4 amide bonds. The summed E-state index contributed by atoms with van der Waals surface area (Å²) in [5, 5.41) is 11.5. The molecule has 4 N–H and O–H groups in total. The summed E-state index contributed by atoms with van der Waals surface area (Å²) in [6.07, 6.45) is 22.0. The van der Waals surface area contributed by atoms with E-state index in [1.54, 1.807) is 0 Å². The summed E-state index contributed by atoms with van der Waals surface area (Å²) in [5.74, 6) is 0.589. The molecule has 2 aliphatic rings. The lowest BCUT2D eigenvalue weighted by molar-refractivity contribution is -0.124. The summed E-state index contributed by atoms with van der Waals surface area (Å²) in [6, 6.07) is -1.17. The first-order valence-electron chi connectivity index (χ1n) is 19.6. The molecule has 0 heterocycles. The third-order valence-electron chi connectivity index (χ3n) is 10.00. The van der Waals surface area contributed by atoms with Gasteiger partial charge in [0.25, 0.3) is 0 Å². The molecule has 0 bridgehead atoms. The van der Waals surface area contributed by atoms with Gasteiger partial charge in [-0.1, -0.05) is 118 Å². The van der Waals surface area contributed by atoms with Crippen molar-refractivity contribution < 1.29 is 28.7 Å². The molecule has 48 heavy (non-hydrogen) atoms. The largest absolute Gasteiger partial charge is 0.449 e. The van der Waals surface area contributed by atoms with Gasteiger partial charge in [-0.25, -0.2) is 9.59 Å². The maximum Gasteiger partial charge on any atom is 0.407 e. The topological polar surface area (TPSA) is 135 Å². The van der Waals surface area contributed by atoms with Gasteiger partial charge in [-0.2, -0.15) is 0 Å². The van der Waals surface area contributed by atoms with Crippen LogP contribution >= 0.6 is 0 Å². The van der Waals surface area contributed by atoms with E-state index in [1.807, 2.05) is 27.7 Å². The minimum Gasteiger partial charge on any atom is -0.449 e. The molecule has 278 valence electrons. The summed E-state index contributed by atoms with van der Waals surface area (Å²) >= 11 is 0. The van der Waals surface area contributed by atoms with Crippen LogP contribution in [0.5, 0.6) is 0 Å². The Morgan fingerprint density at radius 1 is 0.500 bits per heavy atom. The summed E-state index contributed by atoms with van der Waals surface area (Å²) in [4.78, 5) is 50.0. The highest BCUT2D eigenvalue weighted by Crippen LogP contribution is 2.24. The van der Waals surface area contributed by atoms with E-state index in [2.05, 4.69) is 21.3 Å². The number of rotatable bonds is 23. The van der Waals surface area contributed by atoms with Crippen LogP contribution in [0.1, 0.15) is 156 Å². The molecule has 0 aromatic heterocycles. The molecule has 2 rings (SSSR count). The van der Waals surface area contributed by atoms with Gasteiger partial charge in [-0.15, -0.1) is 0 Å². The number of alkyl carbamates (subject to hydrolysis) is 2. The zero-order valence-electron chi connectivity index (χ0n) is 30.9. The van der Waals surface area contributed by atoms with Crippen molar-refractivity contribution in [2.75, 3.05) is 26.3 Å². The Morgan fingerprint density at radius 2 is 0.812 bits per heavy atom. The van der Waals surface area contributed by atoms with Crippen LogP contribution in [0.15, 0.2) is 0 Å². The second-order valence-corrected chi connectivity index (χ2v) is 15.1. The molecule has 2 aliphatic carbocycles. The Kier molecular flexibility index (Phi) is 22.1. The van der Waals surface area contributed by atoms with Crippen LogP contribution in [0, 0.1) is 23.7 Å². The highest BCUT2D eigenvalue weighted by atomic mass is 16.6. The lowest BCUT2D eigenvalue weighted by Gasteiger charge is -2.24. The molecule has 10 nitrogen and oxygen atoms in total. The zero-order valence-corrected chi connectivity index (χ0v) is 30.9. The summed E-state index contributed by atoms with van der Waals surface area (Å²) in [6.45, 7) is 9.86. The van der Waals surface area contributed by atoms with Crippen LogP contribution in [-0.2, 0) is 19.1 Å². The predicted octanol–water partition coefficient (Wildman–Crippen LogP) is 7.78. The monoisotopic (exact) mass is 679 g/mol. The van der Waals surface area contributed by atoms with Crippen LogP contribution in [0.25, 0.3) is 0 Å². The van der Waals surface area contributed by atoms with Gasteiger partial charge < -0.3 is 30.7 Å². The minimum atomic E-state index is -0.583. The van der Waals surface area contributed by atoms with Gasteiger partial charge in [0.05, 0.1) is 13.2 Å². The average molecular weight is 679 g/mol. The average Bonchev–Trinajstić information content (AvgIpc) is 3.08. The molecule has 2 saturated carbocycles. The van der Waals surface area contributed by atoms with Gasteiger partial charge in [-0.3, -0.25) is 9.59 Å². The first kappa shape index (κ1) is 41.7. The lowest BCUT2D eigenvalue weighted by atomic mass is 9.90. The van der Waals surface area contributed by atoms with Crippen molar-refractivity contribution in [2.45, 2.75) is 168 Å². The molecule has 0 aromatic carbocycles. The number of unbranched alkanes of at least 4 members (excludes halogenated alkanes) is 9. The smallest absolute Gasteiger partial charge is 0.407 e. The molecular formula is C38H70N4O6. The third kappa shape index (κ3) is 18.9. The molecule has 2 atom stereocenters. The van der Waals surface area contributed by atoms with Gasteiger partial charge in [0.1, 0.15) is 12.1 Å². The van der Waals surface area contributed by atoms with Crippen molar-refractivity contribution in [3.8, 4) is 0 Å². The van der Waals surface area contributed by atoms with E-state index in [0.717, 1.165) is 64.2 Å². The van der Waals surface area contributed by atoms with E-state index in [4.69, 9.17) is 9.47 Å². The van der Waals surface area contributed by atoms with E-state index >= 15 is 0 Å². The number of carbonyl (C=O) groups excluding carboxylic acids is 4. The first-order valence-corrected chi connectivity index (χ1v) is 19.6. The number of hydrogen-bond acceptors (Lipinski definition) is 6. The van der Waals surface area contributed by atoms with E-state index in [1.165, 1.54) is 64.2 Å². The molecule has 0 aromatic rings. The number of nitrogens with one attached hydrogen (secondary N) is 4. The van der Waals surface area contributed by atoms with Gasteiger partial charge >= 0.3 is 12.2 Å². The van der Waals surface area contributed by atoms with Gasteiger partial charge in [0.15, 0.2) is 0 Å². The van der Waals surface area contributed by atoms with Crippen LogP contribution in [0.4, 0.5) is 9.59 Å². The fraction of sp³-hybridized carbons (Fsp3) is 0.895. The molecule has 10 heteroatoms. The molecule has 0 spiro atoms. The Morgan fingerprint density at radius 3 is 1.12 bits per heavy atom. The van der Waals surface area contributed by atoms with Crippen molar-refractivity contribution in [3.05, 3.63) is 0 Å². The van der Waals surface area contributed by atoms with Crippen LogP contribution in [0.2, 0.25) is 0 Å². The van der Waals surface area contributed by atoms with Crippen molar-refractivity contribution in [1.82, 2.24) is 21.3 Å². The molecule has 0 radical (unpaired) electrons. The van der Waals surface area contributed by atoms with Crippen molar-refractivity contribution in [3.63, 3.8) is 0 Å². The molecule has 0 saturated heterocycles. The zero-order chi connectivity index (χ0) is 35.0. The lowest BCUT2D eigenvalue weighted by Crippen LogP contribution is -2.50. The van der Waals surface area contributed by atoms with Crippen molar-refractivity contribution >= 4 is 24.0 Å². The van der Waals surface area contributed by atoms with E-state index in [-0.39, 0.29) is 23.7 Å². The van der Waals surface area contributed by atoms with Gasteiger partial charge in [-0.05, 0) is 62.2 Å². The van der Waals surface area contributed by atoms with Crippen LogP contribution < -0.4 is 21.3 Å². The standard InChI is InChI=1S/C38H70N4O6/c1-29(2)33(41-37(45)47-27-31-21-15-13-16-22-31)35(43)39-25-19-11-9-7-5-6-8-10-12-20-26-40-36(44)34(30(3)4)42-38(46)48-28-32-23-17-14-18-24-32/h29-34H,5-28H2,1-4H3,(H,39,43)(H,40,44)(H,41,45)(H,42,46). The maximum absolute atomic E-state index is 12.7. The fourth-order valence-electron chi connectivity index (χ4n) is 6.81. The minimum absolute atomic E-state index is 0.0155. The molecule has 2 unspecified atom stereocenters. The number of hydrogen-bond donors (Lipinski definition) is 4. The van der Waals surface area contributed by atoms with Crippen molar-refractivity contribution in [1.29, 1.82) is 0 Å². The second kappa shape index (κ2) is 25.5. The maximum atomic E-state index is 12.7. The van der Waals surface area contributed by atoms with Gasteiger partial charge in [0, 0.05) is 13.1 Å². The Balaban J connectivity index is 1.42. The highest BCUT2D eigenvalue weighted by molar-refractivity contribution is 5.86. The summed E-state index contributed by atoms with van der Waals surface area (Å²) in [5.41, 5.74) is 0. The van der Waals surface area contributed by atoms with E-state index in [9.17, 15) is 19.2 Å². The predicted molar refractivity (Wildman–Crippen MR) is 192 cm³/mol. The second-order valence-electron chi connectivity index (χ2n) is 15.1. The van der Waals surface area contributed by atoms with Crippen LogP contribution in [-0.4, -0.2) is 62.4 Å². The normalized spacial score (nSPS) is 17.0. The number of carbonyl (C=O) groups is 4. The fourth-order valence-corrected chi connectivity index (χ4v) is 6.81. The third-order valence-corrected chi connectivity index (χ3v) is 10.00. The number of ether oxygens (including phenoxy) is 2. The molecule has 0 aliphatic heterocycles.